The maximum absolute atomic E-state index is 5.49. The zero-order chi connectivity index (χ0) is 17.3. The van der Waals surface area contributed by atoms with Crippen molar-refractivity contribution in [2.75, 3.05) is 13.2 Å². The molecule has 1 aromatic carbocycles. The predicted octanol–water partition coefficient (Wildman–Crippen LogP) is 1.50. The summed E-state index contributed by atoms with van der Waals surface area (Å²) in [6, 6.07) is 10.4. The van der Waals surface area contributed by atoms with E-state index in [1.807, 2.05) is 6.07 Å². The summed E-state index contributed by atoms with van der Waals surface area (Å²) in [6.07, 6.45) is 13.4. The van der Waals surface area contributed by atoms with Gasteiger partial charge >= 0.3 is 0 Å². The molecule has 150 valence electrons. The van der Waals surface area contributed by atoms with Crippen molar-refractivity contribution >= 4 is 27.3 Å². The monoisotopic (exact) mass is 579 g/mol. The van der Waals surface area contributed by atoms with E-state index >= 15 is 0 Å². The minimum atomic E-state index is 0. The molecule has 0 aliphatic heterocycles. The summed E-state index contributed by atoms with van der Waals surface area (Å²) in [6.45, 7) is 6.83. The number of hydrogen-bond donors (Lipinski definition) is 1. The Hall–Kier alpha value is 0.312. The van der Waals surface area contributed by atoms with Crippen molar-refractivity contribution in [1.82, 2.24) is 0 Å². The van der Waals surface area contributed by atoms with Crippen LogP contribution in [0, 0.1) is 0 Å². The van der Waals surface area contributed by atoms with Crippen LogP contribution in [0.4, 0.5) is 0 Å². The maximum Gasteiger partial charge on any atom is 0.135 e. The Morgan fingerprint density at radius 1 is 0.769 bits per heavy atom. The Kier molecular flexibility index (Phi) is 23.7. The quantitative estimate of drug-likeness (QED) is 0.139. The topological polar surface area (TPSA) is 22.9 Å². The molecule has 1 rings (SSSR count). The van der Waals surface area contributed by atoms with E-state index in [0.717, 1.165) is 24.6 Å². The van der Waals surface area contributed by atoms with Gasteiger partial charge in [-0.25, -0.2) is 0 Å². The van der Waals surface area contributed by atoms with E-state index in [-0.39, 0.29) is 39.7 Å². The Morgan fingerprint density at radius 3 is 1.85 bits per heavy atom. The molecule has 0 heterocycles. The molecule has 1 N–H and O–H groups in total. The average Bonchev–Trinajstić information content (AvgIpc) is 2.62. The van der Waals surface area contributed by atoms with Gasteiger partial charge in [0, 0.05) is 32.9 Å². The summed E-state index contributed by atoms with van der Waals surface area (Å²) in [7, 11) is 0. The second-order valence-corrected chi connectivity index (χ2v) is 6.64. The van der Waals surface area contributed by atoms with Crippen LogP contribution in [0.15, 0.2) is 30.3 Å². The molecule has 5 heteroatoms. The molecule has 0 saturated carbocycles. The van der Waals surface area contributed by atoms with Crippen LogP contribution in [0.25, 0.3) is 0 Å². The third-order valence-electron chi connectivity index (χ3n) is 4.40. The largest absolute Gasteiger partial charge is 1.00 e. The third kappa shape index (κ3) is 16.5. The van der Waals surface area contributed by atoms with Gasteiger partial charge in [0.2, 0.25) is 0 Å². The summed E-state index contributed by atoms with van der Waals surface area (Å²) < 4.78 is 0. The van der Waals surface area contributed by atoms with Crippen LogP contribution in [-0.2, 0) is 16.4 Å². The first-order chi connectivity index (χ1) is 11.9. The first-order valence-electron chi connectivity index (χ1n) is 10.0. The fourth-order valence-electron chi connectivity index (χ4n) is 2.81. The molecule has 1 aromatic rings. The molecule has 0 aliphatic rings. The van der Waals surface area contributed by atoms with Crippen LogP contribution in [-0.4, -0.2) is 40.5 Å². The van der Waals surface area contributed by atoms with Crippen LogP contribution in [0.3, 0.4) is 0 Å². The van der Waals surface area contributed by atoms with E-state index in [0.29, 0.717) is 6.61 Å². The van der Waals surface area contributed by atoms with Crippen molar-refractivity contribution in [3.05, 3.63) is 35.9 Å². The van der Waals surface area contributed by atoms with Crippen molar-refractivity contribution in [1.29, 1.82) is 0 Å². The van der Waals surface area contributed by atoms with Gasteiger partial charge < -0.3 is 12.4 Å². The Balaban J connectivity index is 0. The van der Waals surface area contributed by atoms with Crippen molar-refractivity contribution in [3.8, 4) is 0 Å². The standard InChI is InChI=1S/C21H37NO2.ClH.Pb/c1-3-5-6-7-8-9-10-11-12-16-19-23-24-22(4-2)20-21-17-14-13-15-18-21;;/h13-15,17-18H,3-12,16,19-20H2,1-2H3;1H;. The Morgan fingerprint density at radius 2 is 1.31 bits per heavy atom. The van der Waals surface area contributed by atoms with Crippen LogP contribution in [0.2, 0.25) is 0 Å². The predicted molar refractivity (Wildman–Crippen MR) is 106 cm³/mol. The van der Waals surface area contributed by atoms with Gasteiger partial charge in [-0.2, -0.15) is 9.95 Å². The fraction of sp³-hybridized carbons (Fsp3) is 0.714. The zero-order valence-corrected chi connectivity index (χ0v) is 21.4. The molecule has 0 spiro atoms. The number of unbranched alkanes of at least 4 members (excludes halogenated alkanes) is 9. The third-order valence-corrected chi connectivity index (χ3v) is 4.40. The van der Waals surface area contributed by atoms with Gasteiger partial charge in [-0.05, 0) is 18.3 Å². The van der Waals surface area contributed by atoms with Crippen molar-refractivity contribution in [2.24, 2.45) is 0 Å². The molecular weight excluding hydrogens is 541 g/mol. The van der Waals surface area contributed by atoms with Crippen molar-refractivity contribution in [2.45, 2.75) is 84.6 Å². The molecule has 0 fully saturated rings. The SMILES string of the molecule is CCCCCCCCCCCCOO[NH+](CC)Cc1ccccc1.[Cl-].[Pb]. The first-order valence-corrected chi connectivity index (χ1v) is 10.0. The molecule has 0 aliphatic carbocycles. The summed E-state index contributed by atoms with van der Waals surface area (Å²) in [5.74, 6) is 0. The van der Waals surface area contributed by atoms with E-state index in [9.17, 15) is 0 Å². The van der Waals surface area contributed by atoms with Crippen LogP contribution in [0.1, 0.15) is 83.6 Å². The average molecular weight is 579 g/mol. The van der Waals surface area contributed by atoms with E-state index in [1.54, 1.807) is 0 Å². The van der Waals surface area contributed by atoms with Crippen molar-refractivity contribution < 1.29 is 27.3 Å². The Bertz CT molecular complexity index is 382. The molecule has 0 amide bonds. The van der Waals surface area contributed by atoms with Crippen molar-refractivity contribution in [3.63, 3.8) is 0 Å². The summed E-state index contributed by atoms with van der Waals surface area (Å²) in [5, 5.41) is 1.01. The van der Waals surface area contributed by atoms with Crippen LogP contribution >= 0.6 is 0 Å². The minimum Gasteiger partial charge on any atom is -1.00 e. The number of halogens is 1. The number of hydroxylamine groups is 2. The molecular formula is C21H38ClNO2Pb. The summed E-state index contributed by atoms with van der Waals surface area (Å²) in [5.41, 5.74) is 1.27. The molecule has 0 aromatic heterocycles. The number of nitrogens with one attached hydrogen (secondary N) is 1. The number of rotatable bonds is 16. The second-order valence-electron chi connectivity index (χ2n) is 6.64. The molecule has 26 heavy (non-hydrogen) atoms. The summed E-state index contributed by atoms with van der Waals surface area (Å²) in [4.78, 5) is 10.9. The van der Waals surface area contributed by atoms with Gasteiger partial charge in [0.05, 0.1) is 6.61 Å². The molecule has 0 bridgehead atoms. The fourth-order valence-corrected chi connectivity index (χ4v) is 2.81. The van der Waals surface area contributed by atoms with E-state index in [1.165, 1.54) is 63.4 Å². The molecule has 3 nitrogen and oxygen atoms in total. The van der Waals surface area contributed by atoms with E-state index < -0.39 is 0 Å². The van der Waals surface area contributed by atoms with E-state index in [4.69, 9.17) is 9.88 Å². The first kappa shape index (κ1) is 28.5. The van der Waals surface area contributed by atoms with Gasteiger partial charge in [0.15, 0.2) is 0 Å². The van der Waals surface area contributed by atoms with Crippen LogP contribution < -0.4 is 17.5 Å². The number of benzene rings is 1. The van der Waals surface area contributed by atoms with Crippen LogP contribution in [0.5, 0.6) is 0 Å². The normalized spacial score (nSPS) is 11.5. The zero-order valence-electron chi connectivity index (χ0n) is 16.8. The molecule has 4 radical (unpaired) electrons. The molecule has 1 atom stereocenters. The molecule has 1 unspecified atom stereocenters. The summed E-state index contributed by atoms with van der Waals surface area (Å²) >= 11 is 0. The smallest absolute Gasteiger partial charge is 0.135 e. The number of quaternary nitrogens is 1. The van der Waals surface area contributed by atoms with Gasteiger partial charge in [0.1, 0.15) is 13.1 Å². The Labute approximate surface area is 187 Å². The second kappa shape index (κ2) is 21.6. The molecule has 0 saturated heterocycles. The van der Waals surface area contributed by atoms with Gasteiger partial charge in [-0.15, -0.1) is 0 Å². The van der Waals surface area contributed by atoms with Gasteiger partial charge in [-0.1, -0.05) is 95.0 Å². The number of hydrogen-bond acceptors (Lipinski definition) is 2. The van der Waals surface area contributed by atoms with Gasteiger partial charge in [-0.3, -0.25) is 0 Å². The maximum atomic E-state index is 5.49. The van der Waals surface area contributed by atoms with Gasteiger partial charge in [0.25, 0.3) is 0 Å². The minimum absolute atomic E-state index is 0. The van der Waals surface area contributed by atoms with E-state index in [2.05, 4.69) is 38.1 Å².